The number of aromatic nitrogens is 1. The standard InChI is InChI=1S/C27H28N4O6S/c1-17(32)28-21-5-9-23(10-6-21)38(35,36)30-14-18-13-20(16-30)25-12-11-24(27(34)31(25)15-18)29-26(33)19-3-7-22(37-2)8-4-19/h3-12,18,20H,13-16H2,1-2H3,(H,28,32)(H,29,33)/t18-,20+/m0/s1. The zero-order valence-corrected chi connectivity index (χ0v) is 21.8. The van der Waals surface area contributed by atoms with Gasteiger partial charge >= 0.3 is 0 Å². The van der Waals surface area contributed by atoms with Crippen LogP contribution in [0.15, 0.2) is 70.4 Å². The molecule has 0 spiro atoms. The predicted molar refractivity (Wildman–Crippen MR) is 142 cm³/mol. The van der Waals surface area contributed by atoms with E-state index in [4.69, 9.17) is 4.74 Å². The van der Waals surface area contributed by atoms with Gasteiger partial charge in [0.2, 0.25) is 15.9 Å². The fourth-order valence-electron chi connectivity index (χ4n) is 5.19. The smallest absolute Gasteiger partial charge is 0.274 e. The summed E-state index contributed by atoms with van der Waals surface area (Å²) in [6.45, 7) is 2.30. The number of sulfonamides is 1. The number of anilines is 2. The number of ether oxygens (including phenoxy) is 1. The zero-order chi connectivity index (χ0) is 27.0. The third kappa shape index (κ3) is 4.94. The lowest BCUT2D eigenvalue weighted by Crippen LogP contribution is -2.49. The molecule has 2 N–H and O–H groups in total. The highest BCUT2D eigenvalue weighted by Gasteiger charge is 2.39. The van der Waals surface area contributed by atoms with E-state index in [2.05, 4.69) is 10.6 Å². The molecule has 38 heavy (non-hydrogen) atoms. The lowest BCUT2D eigenvalue weighted by molar-refractivity contribution is -0.114. The number of carbonyl (C=O) groups excluding carboxylic acids is 2. The summed E-state index contributed by atoms with van der Waals surface area (Å²) < 4.78 is 35.0. The highest BCUT2D eigenvalue weighted by Crippen LogP contribution is 2.37. The Morgan fingerprint density at radius 3 is 2.29 bits per heavy atom. The molecule has 2 aliphatic heterocycles. The molecule has 0 unspecified atom stereocenters. The van der Waals surface area contributed by atoms with Gasteiger partial charge in [-0.15, -0.1) is 0 Å². The van der Waals surface area contributed by atoms with Crippen LogP contribution in [0.1, 0.15) is 35.3 Å². The van der Waals surface area contributed by atoms with Crippen LogP contribution in [0.25, 0.3) is 0 Å². The van der Waals surface area contributed by atoms with Gasteiger partial charge in [0, 0.05) is 49.4 Å². The summed E-state index contributed by atoms with van der Waals surface area (Å²) in [5, 5.41) is 5.34. The first-order chi connectivity index (χ1) is 18.2. The number of benzene rings is 2. The van der Waals surface area contributed by atoms with Gasteiger partial charge in [0.1, 0.15) is 11.4 Å². The highest BCUT2D eigenvalue weighted by atomic mass is 32.2. The number of hydrogen-bond acceptors (Lipinski definition) is 6. The summed E-state index contributed by atoms with van der Waals surface area (Å²) in [5.41, 5.74) is 1.56. The second-order valence-electron chi connectivity index (χ2n) is 9.60. The van der Waals surface area contributed by atoms with Crippen LogP contribution in [-0.4, -0.2) is 49.3 Å². The minimum absolute atomic E-state index is 0.0417. The van der Waals surface area contributed by atoms with Gasteiger partial charge in [0.05, 0.1) is 12.0 Å². The fraction of sp³-hybridized carbons (Fsp3) is 0.296. The number of nitrogens with zero attached hydrogens (tertiary/aromatic N) is 2. The molecular weight excluding hydrogens is 508 g/mol. The fourth-order valence-corrected chi connectivity index (χ4v) is 6.75. The molecule has 0 saturated carbocycles. The Morgan fingerprint density at radius 2 is 1.63 bits per heavy atom. The Balaban J connectivity index is 1.35. The molecular formula is C27H28N4O6S. The lowest BCUT2D eigenvalue weighted by atomic mass is 9.84. The minimum Gasteiger partial charge on any atom is -0.497 e. The van der Waals surface area contributed by atoms with Gasteiger partial charge in [-0.1, -0.05) is 0 Å². The molecule has 3 heterocycles. The molecule has 198 valence electrons. The van der Waals surface area contributed by atoms with E-state index in [1.54, 1.807) is 60.2 Å². The van der Waals surface area contributed by atoms with E-state index in [1.807, 2.05) is 0 Å². The monoisotopic (exact) mass is 536 g/mol. The average molecular weight is 537 g/mol. The Morgan fingerprint density at radius 1 is 0.921 bits per heavy atom. The van der Waals surface area contributed by atoms with Crippen LogP contribution < -0.4 is 20.9 Å². The predicted octanol–water partition coefficient (Wildman–Crippen LogP) is 2.88. The van der Waals surface area contributed by atoms with Crippen LogP contribution >= 0.6 is 0 Å². The van der Waals surface area contributed by atoms with Crippen LogP contribution in [-0.2, 0) is 21.4 Å². The van der Waals surface area contributed by atoms with E-state index in [-0.39, 0.29) is 40.4 Å². The molecule has 11 heteroatoms. The van der Waals surface area contributed by atoms with Crippen molar-refractivity contribution in [2.75, 3.05) is 30.8 Å². The van der Waals surface area contributed by atoms with Crippen LogP contribution in [0, 0.1) is 5.92 Å². The summed E-state index contributed by atoms with van der Waals surface area (Å²) >= 11 is 0. The van der Waals surface area contributed by atoms with E-state index in [1.165, 1.54) is 23.4 Å². The van der Waals surface area contributed by atoms with Gasteiger partial charge in [0.15, 0.2) is 0 Å². The Bertz CT molecular complexity index is 1550. The van der Waals surface area contributed by atoms with Crippen molar-refractivity contribution in [2.24, 2.45) is 5.92 Å². The zero-order valence-electron chi connectivity index (χ0n) is 21.0. The maximum Gasteiger partial charge on any atom is 0.274 e. The van der Waals surface area contributed by atoms with Gasteiger partial charge in [0.25, 0.3) is 11.5 Å². The average Bonchev–Trinajstić information content (AvgIpc) is 2.90. The first-order valence-electron chi connectivity index (χ1n) is 12.2. The molecule has 0 radical (unpaired) electrons. The number of rotatable bonds is 6. The molecule has 1 fully saturated rings. The van der Waals surface area contributed by atoms with Crippen LogP contribution in [0.4, 0.5) is 11.4 Å². The number of amides is 2. The minimum atomic E-state index is -3.75. The molecule has 10 nitrogen and oxygen atoms in total. The van der Waals surface area contributed by atoms with Gasteiger partial charge in [-0.3, -0.25) is 14.4 Å². The third-order valence-electron chi connectivity index (χ3n) is 6.98. The normalized spacial score (nSPS) is 18.8. The van der Waals surface area contributed by atoms with Crippen molar-refractivity contribution in [3.8, 4) is 5.75 Å². The number of hydrogen-bond donors (Lipinski definition) is 2. The topological polar surface area (TPSA) is 127 Å². The van der Waals surface area contributed by atoms with Crippen LogP contribution in [0.5, 0.6) is 5.75 Å². The van der Waals surface area contributed by atoms with Gasteiger partial charge in [-0.25, -0.2) is 8.42 Å². The van der Waals surface area contributed by atoms with Gasteiger partial charge in [-0.05, 0) is 73.0 Å². The number of piperidine rings is 1. The Hall–Kier alpha value is -3.96. The summed E-state index contributed by atoms with van der Waals surface area (Å²) in [5.74, 6) is -0.195. The number of carbonyl (C=O) groups is 2. The quantitative estimate of drug-likeness (QED) is 0.499. The molecule has 2 atom stereocenters. The molecule has 0 aliphatic carbocycles. The maximum atomic E-state index is 13.4. The van der Waals surface area contributed by atoms with Gasteiger partial charge < -0.3 is 19.9 Å². The summed E-state index contributed by atoms with van der Waals surface area (Å²) in [4.78, 5) is 37.4. The van der Waals surface area contributed by atoms with E-state index in [0.29, 0.717) is 30.1 Å². The van der Waals surface area contributed by atoms with Crippen LogP contribution in [0.3, 0.4) is 0 Å². The molecule has 1 saturated heterocycles. The highest BCUT2D eigenvalue weighted by molar-refractivity contribution is 7.89. The number of methoxy groups -OCH3 is 1. The summed E-state index contributed by atoms with van der Waals surface area (Å²) in [6, 6.07) is 16.1. The molecule has 2 aromatic carbocycles. The first kappa shape index (κ1) is 25.7. The third-order valence-corrected chi connectivity index (χ3v) is 8.83. The van der Waals surface area contributed by atoms with Crippen molar-refractivity contribution in [3.63, 3.8) is 0 Å². The number of fused-ring (bicyclic) bond motifs is 4. The first-order valence-corrected chi connectivity index (χ1v) is 13.7. The number of pyridine rings is 1. The molecule has 3 aromatic rings. The second-order valence-corrected chi connectivity index (χ2v) is 11.5. The van der Waals surface area contributed by atoms with Crippen molar-refractivity contribution in [1.82, 2.24) is 8.87 Å². The van der Waals surface area contributed by atoms with Crippen molar-refractivity contribution in [3.05, 3.63) is 82.3 Å². The molecule has 1 aromatic heterocycles. The molecule has 2 amide bonds. The Labute approximate surface area is 220 Å². The van der Waals surface area contributed by atoms with Crippen molar-refractivity contribution in [1.29, 1.82) is 0 Å². The van der Waals surface area contributed by atoms with Crippen molar-refractivity contribution < 1.29 is 22.7 Å². The Kier molecular flexibility index (Phi) is 6.80. The van der Waals surface area contributed by atoms with E-state index in [0.717, 1.165) is 12.1 Å². The SMILES string of the molecule is COc1ccc(C(=O)Nc2ccc3n(c2=O)C[C@H]2C[C@@H]3CN(S(=O)(=O)c3ccc(NC(C)=O)cc3)C2)cc1. The van der Waals surface area contributed by atoms with E-state index < -0.39 is 15.9 Å². The largest absolute Gasteiger partial charge is 0.497 e. The second kappa shape index (κ2) is 10.1. The van der Waals surface area contributed by atoms with Crippen molar-refractivity contribution >= 4 is 33.2 Å². The van der Waals surface area contributed by atoms with Gasteiger partial charge in [-0.2, -0.15) is 4.31 Å². The molecule has 5 rings (SSSR count). The number of nitrogens with one attached hydrogen (secondary N) is 2. The van der Waals surface area contributed by atoms with E-state index >= 15 is 0 Å². The summed E-state index contributed by atoms with van der Waals surface area (Å²) in [6.07, 6.45) is 0.782. The lowest BCUT2D eigenvalue weighted by Gasteiger charge is -2.42. The van der Waals surface area contributed by atoms with Crippen molar-refractivity contribution in [2.45, 2.75) is 30.7 Å². The summed E-state index contributed by atoms with van der Waals surface area (Å²) in [7, 11) is -2.21. The molecule has 2 bridgehead atoms. The maximum absolute atomic E-state index is 13.4. The van der Waals surface area contributed by atoms with Crippen LogP contribution in [0.2, 0.25) is 0 Å². The molecule has 2 aliphatic rings. The van der Waals surface area contributed by atoms with E-state index in [9.17, 15) is 22.8 Å².